The summed E-state index contributed by atoms with van der Waals surface area (Å²) in [6, 6.07) is 11.5. The maximum Gasteiger partial charge on any atom is 0.104 e. The Morgan fingerprint density at radius 3 is 0.920 bits per heavy atom. The first-order valence-corrected chi connectivity index (χ1v) is 22.6. The van der Waals surface area contributed by atoms with E-state index < -0.39 is 0 Å². The molecule has 0 spiro atoms. The predicted molar refractivity (Wildman–Crippen MR) is 228 cm³/mol. The van der Waals surface area contributed by atoms with Gasteiger partial charge in [0.05, 0.1) is 19.6 Å². The standard InChI is InChI=1S/C49H88N/c1-4-7-10-13-16-19-22-25-28-31-34-40-45-50(48-49-43-38-37-39-44-49,46-41-35-32-29-26-23-20-17-14-11-8-5-2)47-42-36-33-30-27-24-21-18-15-12-9-6-3/h19-24,37-39,43-44H,4-18,25-36,40-42,45-48H2,1-3H3/q+1/b22-19+,23-20+,24-21+. The zero-order valence-electron chi connectivity index (χ0n) is 34.3. The average molecular weight is 691 g/mol. The van der Waals surface area contributed by atoms with Crippen LogP contribution in [0, 0.1) is 0 Å². The molecule has 0 saturated heterocycles. The highest BCUT2D eigenvalue weighted by Crippen LogP contribution is 2.22. The van der Waals surface area contributed by atoms with Crippen molar-refractivity contribution < 1.29 is 4.48 Å². The molecule has 0 saturated carbocycles. The molecular formula is C49H88N+. The fourth-order valence-corrected chi connectivity index (χ4v) is 7.51. The van der Waals surface area contributed by atoms with E-state index in [-0.39, 0.29) is 0 Å². The number of rotatable bonds is 38. The molecule has 1 aromatic carbocycles. The highest BCUT2D eigenvalue weighted by atomic mass is 15.3. The minimum absolute atomic E-state index is 1.23. The number of benzene rings is 1. The molecule has 0 radical (unpaired) electrons. The molecule has 1 rings (SSSR count). The van der Waals surface area contributed by atoms with Gasteiger partial charge in [-0.15, -0.1) is 0 Å². The van der Waals surface area contributed by atoms with Crippen molar-refractivity contribution in [1.82, 2.24) is 0 Å². The molecule has 0 atom stereocenters. The van der Waals surface area contributed by atoms with Crippen molar-refractivity contribution in [2.24, 2.45) is 0 Å². The Kier molecular flexibility index (Phi) is 34.5. The van der Waals surface area contributed by atoms with Crippen molar-refractivity contribution in [2.45, 2.75) is 220 Å². The van der Waals surface area contributed by atoms with E-state index in [1.165, 1.54) is 223 Å². The van der Waals surface area contributed by atoms with E-state index in [0.717, 1.165) is 0 Å². The lowest BCUT2D eigenvalue weighted by Gasteiger charge is -2.39. The van der Waals surface area contributed by atoms with E-state index in [2.05, 4.69) is 87.6 Å². The van der Waals surface area contributed by atoms with Gasteiger partial charge >= 0.3 is 0 Å². The fourth-order valence-electron chi connectivity index (χ4n) is 7.51. The van der Waals surface area contributed by atoms with Crippen LogP contribution in [0.5, 0.6) is 0 Å². The molecule has 0 aliphatic rings. The van der Waals surface area contributed by atoms with Gasteiger partial charge in [0.25, 0.3) is 0 Å². The van der Waals surface area contributed by atoms with Gasteiger partial charge in [-0.25, -0.2) is 0 Å². The highest BCUT2D eigenvalue weighted by molar-refractivity contribution is 5.13. The van der Waals surface area contributed by atoms with E-state index in [1.807, 2.05) is 0 Å². The summed E-state index contributed by atoms with van der Waals surface area (Å²) in [5, 5.41) is 0. The summed E-state index contributed by atoms with van der Waals surface area (Å²) >= 11 is 0. The maximum atomic E-state index is 2.47. The molecule has 0 aliphatic carbocycles. The van der Waals surface area contributed by atoms with Crippen LogP contribution in [0.4, 0.5) is 0 Å². The molecule has 0 heterocycles. The minimum Gasteiger partial charge on any atom is -0.320 e. The number of nitrogens with zero attached hydrogens (tertiary/aromatic N) is 1. The summed E-state index contributed by atoms with van der Waals surface area (Å²) in [4.78, 5) is 0. The SMILES string of the molecule is CCCCCC/C=C/CCCCCC[N+](CCCCCC/C=C/CCCCCC)(CCCCCC/C=C/CCCCCC)Cc1ccccc1. The molecular weight excluding hydrogens is 603 g/mol. The normalized spacial score (nSPS) is 12.4. The second-order valence-corrected chi connectivity index (χ2v) is 15.7. The summed E-state index contributed by atoms with van der Waals surface area (Å²) in [7, 11) is 0. The van der Waals surface area contributed by atoms with E-state index in [1.54, 1.807) is 5.56 Å². The third kappa shape index (κ3) is 30.1. The van der Waals surface area contributed by atoms with Crippen LogP contribution in [-0.4, -0.2) is 24.1 Å². The van der Waals surface area contributed by atoms with Crippen LogP contribution in [0.3, 0.4) is 0 Å². The summed E-state index contributed by atoms with van der Waals surface area (Å²) in [6.45, 7) is 12.2. The lowest BCUT2D eigenvalue weighted by Crippen LogP contribution is -2.49. The summed E-state index contributed by atoms with van der Waals surface area (Å²) in [5.74, 6) is 0. The van der Waals surface area contributed by atoms with Gasteiger partial charge in [0.15, 0.2) is 0 Å². The van der Waals surface area contributed by atoms with Gasteiger partial charge in [-0.2, -0.15) is 0 Å². The van der Waals surface area contributed by atoms with Gasteiger partial charge in [0.2, 0.25) is 0 Å². The van der Waals surface area contributed by atoms with Crippen LogP contribution in [0.15, 0.2) is 66.8 Å². The molecule has 288 valence electrons. The maximum absolute atomic E-state index is 2.47. The highest BCUT2D eigenvalue weighted by Gasteiger charge is 2.26. The zero-order valence-corrected chi connectivity index (χ0v) is 34.3. The fraction of sp³-hybridized carbons (Fsp3) is 0.755. The Labute approximate surface area is 315 Å². The van der Waals surface area contributed by atoms with Gasteiger partial charge in [0.1, 0.15) is 6.54 Å². The monoisotopic (exact) mass is 691 g/mol. The quantitative estimate of drug-likeness (QED) is 0.0368. The summed E-state index contributed by atoms with van der Waals surface area (Å²) < 4.78 is 1.32. The molecule has 0 bridgehead atoms. The molecule has 1 nitrogen and oxygen atoms in total. The Hall–Kier alpha value is -1.60. The van der Waals surface area contributed by atoms with Crippen LogP contribution in [-0.2, 0) is 6.54 Å². The van der Waals surface area contributed by atoms with Crippen molar-refractivity contribution in [1.29, 1.82) is 0 Å². The number of hydrogen-bond acceptors (Lipinski definition) is 0. The number of unbranched alkanes of at least 4 members (excludes halogenated alkanes) is 24. The third-order valence-corrected chi connectivity index (χ3v) is 10.8. The van der Waals surface area contributed by atoms with Crippen molar-refractivity contribution in [2.75, 3.05) is 19.6 Å². The number of quaternary nitrogens is 1. The Balaban J connectivity index is 2.61. The molecule has 0 fully saturated rings. The van der Waals surface area contributed by atoms with Crippen LogP contribution in [0.1, 0.15) is 219 Å². The van der Waals surface area contributed by atoms with E-state index in [9.17, 15) is 0 Å². The molecule has 0 unspecified atom stereocenters. The summed E-state index contributed by atoms with van der Waals surface area (Å²) in [6.07, 6.45) is 55.6. The number of hydrogen-bond donors (Lipinski definition) is 0. The molecule has 1 heteroatoms. The molecule has 50 heavy (non-hydrogen) atoms. The van der Waals surface area contributed by atoms with Crippen molar-refractivity contribution in [3.8, 4) is 0 Å². The molecule has 0 amide bonds. The topological polar surface area (TPSA) is 0 Å². The molecule has 0 aromatic heterocycles. The third-order valence-electron chi connectivity index (χ3n) is 10.8. The molecule has 0 aliphatic heterocycles. The first-order valence-electron chi connectivity index (χ1n) is 22.6. The predicted octanol–water partition coefficient (Wildman–Crippen LogP) is 16.4. The lowest BCUT2D eigenvalue weighted by atomic mass is 10.0. The Bertz CT molecular complexity index is 796. The van der Waals surface area contributed by atoms with E-state index in [0.29, 0.717) is 0 Å². The lowest BCUT2D eigenvalue weighted by molar-refractivity contribution is -0.941. The number of allylic oxidation sites excluding steroid dienone is 6. The van der Waals surface area contributed by atoms with E-state index in [4.69, 9.17) is 0 Å². The Morgan fingerprint density at radius 1 is 0.340 bits per heavy atom. The van der Waals surface area contributed by atoms with Crippen LogP contribution < -0.4 is 0 Å². The molecule has 0 N–H and O–H groups in total. The van der Waals surface area contributed by atoms with Gasteiger partial charge in [-0.1, -0.05) is 165 Å². The van der Waals surface area contributed by atoms with Crippen LogP contribution in [0.2, 0.25) is 0 Å². The minimum atomic E-state index is 1.23. The van der Waals surface area contributed by atoms with Crippen molar-refractivity contribution >= 4 is 0 Å². The largest absolute Gasteiger partial charge is 0.320 e. The van der Waals surface area contributed by atoms with Gasteiger partial charge in [-0.3, -0.25) is 0 Å². The summed E-state index contributed by atoms with van der Waals surface area (Å²) in [5.41, 5.74) is 1.55. The van der Waals surface area contributed by atoms with Crippen molar-refractivity contribution in [3.63, 3.8) is 0 Å². The van der Waals surface area contributed by atoms with Crippen LogP contribution >= 0.6 is 0 Å². The first-order chi connectivity index (χ1) is 24.8. The van der Waals surface area contributed by atoms with Gasteiger partial charge in [-0.05, 0) is 116 Å². The van der Waals surface area contributed by atoms with E-state index >= 15 is 0 Å². The van der Waals surface area contributed by atoms with Gasteiger partial charge < -0.3 is 4.48 Å². The first kappa shape index (κ1) is 46.4. The van der Waals surface area contributed by atoms with Crippen molar-refractivity contribution in [3.05, 3.63) is 72.4 Å². The molecule has 1 aromatic rings. The Morgan fingerprint density at radius 2 is 0.620 bits per heavy atom. The smallest absolute Gasteiger partial charge is 0.104 e. The van der Waals surface area contributed by atoms with Crippen LogP contribution in [0.25, 0.3) is 0 Å². The van der Waals surface area contributed by atoms with Gasteiger partial charge in [0, 0.05) is 5.56 Å². The zero-order chi connectivity index (χ0) is 35.9. The second kappa shape index (κ2) is 37.2. The second-order valence-electron chi connectivity index (χ2n) is 15.7. The average Bonchev–Trinajstić information content (AvgIpc) is 3.13.